The lowest BCUT2D eigenvalue weighted by atomic mass is 10.0. The third kappa shape index (κ3) is 4.49. The van der Waals surface area contributed by atoms with E-state index in [1.807, 2.05) is 12.1 Å². The maximum atomic E-state index is 8.98. The molecule has 0 bridgehead atoms. The number of piperazine rings is 1. The first-order chi connectivity index (χ1) is 13.7. The zero-order valence-electron chi connectivity index (χ0n) is 16.5. The number of rotatable bonds is 5. The molecule has 2 fully saturated rings. The van der Waals surface area contributed by atoms with E-state index in [-0.39, 0.29) is 0 Å². The van der Waals surface area contributed by atoms with E-state index >= 15 is 0 Å². The summed E-state index contributed by atoms with van der Waals surface area (Å²) in [6.07, 6.45) is 2.49. The second kappa shape index (κ2) is 8.95. The first kappa shape index (κ1) is 19.3. The molecule has 148 valence electrons. The summed E-state index contributed by atoms with van der Waals surface area (Å²) in [7, 11) is 1.73. The van der Waals surface area contributed by atoms with Gasteiger partial charge in [-0.3, -0.25) is 9.80 Å². The molecule has 28 heavy (non-hydrogen) atoms. The standard InChI is InChI=1S/C22H28N4OS/c1-27-20-4-2-3-19(15-20)26-13-11-25(12-14-26)18-7-9-24(10-8-18)17-22-6-5-21(16-23)28-22/h2-6,15,18H,7-14,17H2,1H3. The molecule has 0 aliphatic carbocycles. The Morgan fingerprint density at radius 3 is 2.54 bits per heavy atom. The van der Waals surface area contributed by atoms with Crippen LogP contribution in [-0.2, 0) is 6.54 Å². The Morgan fingerprint density at radius 2 is 1.86 bits per heavy atom. The lowest BCUT2D eigenvalue weighted by molar-refractivity contribution is 0.100. The fraction of sp³-hybridized carbons (Fsp3) is 0.500. The zero-order valence-corrected chi connectivity index (χ0v) is 17.3. The maximum absolute atomic E-state index is 8.98. The maximum Gasteiger partial charge on any atom is 0.120 e. The van der Waals surface area contributed by atoms with Crippen molar-refractivity contribution < 1.29 is 4.74 Å². The predicted octanol–water partition coefficient (Wildman–Crippen LogP) is 3.41. The van der Waals surface area contributed by atoms with E-state index in [0.717, 1.165) is 56.4 Å². The molecule has 2 aliphatic heterocycles. The van der Waals surface area contributed by atoms with Gasteiger partial charge >= 0.3 is 0 Å². The smallest absolute Gasteiger partial charge is 0.120 e. The molecule has 1 aromatic heterocycles. The molecule has 5 nitrogen and oxygen atoms in total. The number of likely N-dealkylation sites (tertiary alicyclic amines) is 1. The van der Waals surface area contributed by atoms with Gasteiger partial charge in [0.05, 0.1) is 7.11 Å². The highest BCUT2D eigenvalue weighted by Gasteiger charge is 2.27. The topological polar surface area (TPSA) is 42.7 Å². The number of hydrogen-bond acceptors (Lipinski definition) is 6. The molecule has 0 unspecified atom stereocenters. The summed E-state index contributed by atoms with van der Waals surface area (Å²) in [6, 6.07) is 15.4. The van der Waals surface area contributed by atoms with Crippen LogP contribution in [0.3, 0.4) is 0 Å². The molecule has 6 heteroatoms. The molecule has 0 radical (unpaired) electrons. The first-order valence-corrected chi connectivity index (χ1v) is 10.9. The van der Waals surface area contributed by atoms with Gasteiger partial charge in [-0.25, -0.2) is 0 Å². The number of anilines is 1. The number of nitriles is 1. The van der Waals surface area contributed by atoms with Gasteiger partial charge in [0.2, 0.25) is 0 Å². The molecule has 4 rings (SSSR count). The van der Waals surface area contributed by atoms with Gasteiger partial charge in [-0.2, -0.15) is 5.26 Å². The summed E-state index contributed by atoms with van der Waals surface area (Å²) < 4.78 is 5.37. The second-order valence-corrected chi connectivity index (χ2v) is 8.78. The van der Waals surface area contributed by atoms with Crippen LogP contribution in [0.1, 0.15) is 22.6 Å². The number of nitrogens with zero attached hydrogens (tertiary/aromatic N) is 4. The molecule has 0 amide bonds. The Bertz CT molecular complexity index is 814. The average Bonchev–Trinajstić information content (AvgIpc) is 3.22. The van der Waals surface area contributed by atoms with Crippen LogP contribution < -0.4 is 9.64 Å². The van der Waals surface area contributed by atoms with E-state index in [4.69, 9.17) is 10.00 Å². The molecular formula is C22H28N4OS. The van der Waals surface area contributed by atoms with Crippen molar-refractivity contribution in [1.29, 1.82) is 5.26 Å². The lowest BCUT2D eigenvalue weighted by Gasteiger charge is -2.43. The van der Waals surface area contributed by atoms with Gasteiger partial charge in [0.15, 0.2) is 0 Å². The second-order valence-electron chi connectivity index (χ2n) is 7.61. The minimum atomic E-state index is 0.710. The number of hydrogen-bond donors (Lipinski definition) is 0. The van der Waals surface area contributed by atoms with Crippen molar-refractivity contribution >= 4 is 17.0 Å². The summed E-state index contributed by atoms with van der Waals surface area (Å²) >= 11 is 1.63. The number of thiophene rings is 1. The lowest BCUT2D eigenvalue weighted by Crippen LogP contribution is -2.53. The molecule has 1 aromatic carbocycles. The number of ether oxygens (including phenoxy) is 1. The Labute approximate surface area is 171 Å². The van der Waals surface area contributed by atoms with Crippen LogP contribution in [0.25, 0.3) is 0 Å². The molecule has 0 N–H and O–H groups in total. The normalized spacial score (nSPS) is 19.5. The van der Waals surface area contributed by atoms with Crippen molar-refractivity contribution in [1.82, 2.24) is 9.80 Å². The van der Waals surface area contributed by atoms with Crippen LogP contribution in [0.4, 0.5) is 5.69 Å². The fourth-order valence-electron chi connectivity index (χ4n) is 4.34. The van der Waals surface area contributed by atoms with Gasteiger partial charge in [-0.05, 0) is 37.1 Å². The van der Waals surface area contributed by atoms with Crippen molar-refractivity contribution in [2.75, 3.05) is 51.3 Å². The van der Waals surface area contributed by atoms with E-state index in [2.05, 4.69) is 45.0 Å². The molecule has 2 saturated heterocycles. The first-order valence-electron chi connectivity index (χ1n) is 10.1. The third-order valence-corrected chi connectivity index (χ3v) is 6.93. The van der Waals surface area contributed by atoms with E-state index in [1.54, 1.807) is 18.4 Å². The van der Waals surface area contributed by atoms with Gasteiger partial charge in [-0.1, -0.05) is 6.07 Å². The van der Waals surface area contributed by atoms with Crippen LogP contribution in [0.2, 0.25) is 0 Å². The summed E-state index contributed by atoms with van der Waals surface area (Å²) in [6.45, 7) is 7.74. The Hall–Kier alpha value is -2.07. The minimum Gasteiger partial charge on any atom is -0.497 e. The van der Waals surface area contributed by atoms with E-state index in [1.165, 1.54) is 23.4 Å². The average molecular weight is 397 g/mol. The molecule has 3 heterocycles. The van der Waals surface area contributed by atoms with Crippen LogP contribution in [-0.4, -0.2) is 62.2 Å². The highest BCUT2D eigenvalue weighted by atomic mass is 32.1. The predicted molar refractivity (Wildman–Crippen MR) is 114 cm³/mol. The monoisotopic (exact) mass is 396 g/mol. The van der Waals surface area contributed by atoms with Crippen molar-refractivity contribution in [3.05, 3.63) is 46.2 Å². The summed E-state index contributed by atoms with van der Waals surface area (Å²) in [4.78, 5) is 9.82. The number of piperidine rings is 1. The fourth-order valence-corrected chi connectivity index (χ4v) is 5.19. The minimum absolute atomic E-state index is 0.710. The van der Waals surface area contributed by atoms with Gasteiger partial charge in [-0.15, -0.1) is 11.3 Å². The van der Waals surface area contributed by atoms with Crippen molar-refractivity contribution in [2.24, 2.45) is 0 Å². The van der Waals surface area contributed by atoms with Crippen LogP contribution in [0.15, 0.2) is 36.4 Å². The Kier molecular flexibility index (Phi) is 6.16. The summed E-state index contributed by atoms with van der Waals surface area (Å²) in [5, 5.41) is 8.98. The molecular weight excluding hydrogens is 368 g/mol. The quantitative estimate of drug-likeness (QED) is 0.775. The number of benzene rings is 1. The van der Waals surface area contributed by atoms with E-state index < -0.39 is 0 Å². The van der Waals surface area contributed by atoms with Gasteiger partial charge in [0.25, 0.3) is 0 Å². The molecule has 2 aromatic rings. The van der Waals surface area contributed by atoms with Gasteiger partial charge in [0.1, 0.15) is 16.7 Å². The summed E-state index contributed by atoms with van der Waals surface area (Å²) in [5.41, 5.74) is 1.27. The molecule has 0 spiro atoms. The molecule has 0 atom stereocenters. The van der Waals surface area contributed by atoms with Crippen molar-refractivity contribution in [3.8, 4) is 11.8 Å². The van der Waals surface area contributed by atoms with E-state index in [9.17, 15) is 0 Å². The molecule has 0 saturated carbocycles. The van der Waals surface area contributed by atoms with Gasteiger partial charge in [0, 0.05) is 68.5 Å². The van der Waals surface area contributed by atoms with Crippen molar-refractivity contribution in [3.63, 3.8) is 0 Å². The third-order valence-electron chi connectivity index (χ3n) is 5.96. The van der Waals surface area contributed by atoms with Crippen molar-refractivity contribution in [2.45, 2.75) is 25.4 Å². The van der Waals surface area contributed by atoms with Crippen LogP contribution in [0, 0.1) is 11.3 Å². The zero-order chi connectivity index (χ0) is 19.3. The summed E-state index contributed by atoms with van der Waals surface area (Å²) in [5.74, 6) is 0.930. The van der Waals surface area contributed by atoms with Gasteiger partial charge < -0.3 is 9.64 Å². The number of methoxy groups -OCH3 is 1. The Balaban J connectivity index is 1.24. The SMILES string of the molecule is COc1cccc(N2CCN(C3CCN(Cc4ccc(C#N)s4)CC3)CC2)c1. The largest absolute Gasteiger partial charge is 0.497 e. The molecule has 2 aliphatic rings. The highest BCUT2D eigenvalue weighted by molar-refractivity contribution is 7.12. The van der Waals surface area contributed by atoms with Crippen LogP contribution in [0.5, 0.6) is 5.75 Å². The highest BCUT2D eigenvalue weighted by Crippen LogP contribution is 2.25. The van der Waals surface area contributed by atoms with E-state index in [0.29, 0.717) is 6.04 Å². The Morgan fingerprint density at radius 1 is 1.07 bits per heavy atom. The van der Waals surface area contributed by atoms with Crippen LogP contribution >= 0.6 is 11.3 Å².